The Kier molecular flexibility index (Phi) is 5.74. The van der Waals surface area contributed by atoms with Crippen LogP contribution in [0.4, 0.5) is 5.82 Å². The zero-order chi connectivity index (χ0) is 21.8. The molecule has 0 unspecified atom stereocenters. The van der Waals surface area contributed by atoms with Gasteiger partial charge in [-0.15, -0.1) is 0 Å². The maximum absolute atomic E-state index is 12.2. The van der Waals surface area contributed by atoms with Crippen LogP contribution in [0.5, 0.6) is 0 Å². The number of fused-ring (bicyclic) bond motifs is 1. The highest BCUT2D eigenvalue weighted by molar-refractivity contribution is 6.04. The second-order valence-electron chi connectivity index (χ2n) is 7.12. The molecule has 1 atom stereocenters. The molecule has 0 saturated carbocycles. The van der Waals surface area contributed by atoms with Crippen molar-refractivity contribution in [1.82, 2.24) is 35.2 Å². The van der Waals surface area contributed by atoms with Crippen LogP contribution in [0.3, 0.4) is 0 Å². The van der Waals surface area contributed by atoms with Crippen LogP contribution in [-0.2, 0) is 0 Å². The number of pyridine rings is 2. The second kappa shape index (κ2) is 8.78. The number of anilines is 1. The number of aromatic nitrogens is 6. The summed E-state index contributed by atoms with van der Waals surface area (Å²) in [7, 11) is 1.60. The SMILES string of the molecule is CNC(=O)c1ccnc2c([C@H](C)CNc3cc(-c4cnc(C)nc4)ncn3)ccnc12. The molecule has 4 rings (SSSR count). The molecule has 0 saturated heterocycles. The van der Waals surface area contributed by atoms with Crippen LogP contribution in [0, 0.1) is 6.92 Å². The Bertz CT molecular complexity index is 1230. The zero-order valence-electron chi connectivity index (χ0n) is 17.5. The zero-order valence-corrected chi connectivity index (χ0v) is 17.5. The lowest BCUT2D eigenvalue weighted by Gasteiger charge is -2.16. The maximum atomic E-state index is 12.2. The maximum Gasteiger partial charge on any atom is 0.253 e. The van der Waals surface area contributed by atoms with Gasteiger partial charge in [-0.2, -0.15) is 0 Å². The van der Waals surface area contributed by atoms with E-state index in [9.17, 15) is 4.79 Å². The summed E-state index contributed by atoms with van der Waals surface area (Å²) in [6.07, 6.45) is 8.36. The van der Waals surface area contributed by atoms with E-state index >= 15 is 0 Å². The van der Waals surface area contributed by atoms with Crippen molar-refractivity contribution in [1.29, 1.82) is 0 Å². The van der Waals surface area contributed by atoms with Crippen molar-refractivity contribution in [2.24, 2.45) is 0 Å². The lowest BCUT2D eigenvalue weighted by molar-refractivity contribution is 0.0964. The number of carbonyl (C=O) groups excluding carboxylic acids is 1. The van der Waals surface area contributed by atoms with Crippen LogP contribution in [-0.4, -0.2) is 49.4 Å². The molecule has 0 aliphatic rings. The number of hydrogen-bond donors (Lipinski definition) is 2. The van der Waals surface area contributed by atoms with E-state index in [0.717, 1.165) is 22.3 Å². The van der Waals surface area contributed by atoms with Crippen LogP contribution in [0.1, 0.15) is 34.6 Å². The number of nitrogens with one attached hydrogen (secondary N) is 2. The third kappa shape index (κ3) is 4.30. The van der Waals surface area contributed by atoms with E-state index in [-0.39, 0.29) is 11.8 Å². The highest BCUT2D eigenvalue weighted by atomic mass is 16.1. The van der Waals surface area contributed by atoms with Crippen LogP contribution in [0.2, 0.25) is 0 Å². The summed E-state index contributed by atoms with van der Waals surface area (Å²) in [4.78, 5) is 38.1. The molecule has 9 heteroatoms. The molecule has 0 aliphatic carbocycles. The first-order valence-corrected chi connectivity index (χ1v) is 9.87. The fourth-order valence-corrected chi connectivity index (χ4v) is 3.29. The van der Waals surface area contributed by atoms with Crippen LogP contribution in [0.25, 0.3) is 22.3 Å². The molecule has 0 aromatic carbocycles. The van der Waals surface area contributed by atoms with E-state index in [1.165, 1.54) is 6.33 Å². The van der Waals surface area contributed by atoms with Crippen molar-refractivity contribution < 1.29 is 4.79 Å². The molecule has 0 fully saturated rings. The minimum Gasteiger partial charge on any atom is -0.369 e. The van der Waals surface area contributed by atoms with Gasteiger partial charge >= 0.3 is 0 Å². The first kappa shape index (κ1) is 20.3. The van der Waals surface area contributed by atoms with Gasteiger partial charge in [0, 0.05) is 55.9 Å². The molecule has 31 heavy (non-hydrogen) atoms. The van der Waals surface area contributed by atoms with Crippen LogP contribution < -0.4 is 10.6 Å². The summed E-state index contributed by atoms with van der Waals surface area (Å²) in [5, 5.41) is 6.01. The largest absolute Gasteiger partial charge is 0.369 e. The molecule has 4 aromatic heterocycles. The summed E-state index contributed by atoms with van der Waals surface area (Å²) in [6, 6.07) is 5.48. The predicted octanol–water partition coefficient (Wildman–Crippen LogP) is 2.76. The first-order valence-electron chi connectivity index (χ1n) is 9.87. The van der Waals surface area contributed by atoms with Crippen LogP contribution >= 0.6 is 0 Å². The monoisotopic (exact) mass is 414 g/mol. The fourth-order valence-electron chi connectivity index (χ4n) is 3.29. The Balaban J connectivity index is 1.55. The minimum atomic E-state index is -0.184. The van der Waals surface area contributed by atoms with E-state index in [2.05, 4.69) is 47.5 Å². The topological polar surface area (TPSA) is 118 Å². The van der Waals surface area contributed by atoms with Gasteiger partial charge in [0.2, 0.25) is 0 Å². The molecule has 1 amide bonds. The molecule has 0 bridgehead atoms. The molecule has 2 N–H and O–H groups in total. The van der Waals surface area contributed by atoms with Gasteiger partial charge < -0.3 is 10.6 Å². The Morgan fingerprint density at radius 3 is 2.52 bits per heavy atom. The molecule has 0 spiro atoms. The second-order valence-corrected chi connectivity index (χ2v) is 7.12. The van der Waals surface area contributed by atoms with E-state index in [1.54, 1.807) is 37.9 Å². The van der Waals surface area contributed by atoms with Gasteiger partial charge in [-0.3, -0.25) is 14.8 Å². The van der Waals surface area contributed by atoms with E-state index in [1.807, 2.05) is 19.1 Å². The number of hydrogen-bond acceptors (Lipinski definition) is 8. The Labute approximate surface area is 179 Å². The first-order chi connectivity index (χ1) is 15.1. The number of carbonyl (C=O) groups is 1. The van der Waals surface area contributed by atoms with Gasteiger partial charge in [0.25, 0.3) is 5.91 Å². The molecular weight excluding hydrogens is 392 g/mol. The molecule has 4 aromatic rings. The Morgan fingerprint density at radius 2 is 1.74 bits per heavy atom. The Morgan fingerprint density at radius 1 is 1.00 bits per heavy atom. The molecule has 9 nitrogen and oxygen atoms in total. The summed E-state index contributed by atoms with van der Waals surface area (Å²) in [5.41, 5.74) is 4.40. The summed E-state index contributed by atoms with van der Waals surface area (Å²) >= 11 is 0. The van der Waals surface area contributed by atoms with Crippen molar-refractivity contribution in [3.05, 3.63) is 66.3 Å². The number of nitrogens with zero attached hydrogens (tertiary/aromatic N) is 6. The fraction of sp³-hybridized carbons (Fsp3) is 0.227. The minimum absolute atomic E-state index is 0.0964. The van der Waals surface area contributed by atoms with E-state index in [0.29, 0.717) is 29.3 Å². The highest BCUT2D eigenvalue weighted by Gasteiger charge is 2.16. The van der Waals surface area contributed by atoms with Gasteiger partial charge in [-0.1, -0.05) is 6.92 Å². The number of amides is 1. The van der Waals surface area contributed by atoms with Gasteiger partial charge in [-0.25, -0.2) is 19.9 Å². The lowest BCUT2D eigenvalue weighted by atomic mass is 9.99. The van der Waals surface area contributed by atoms with Crippen molar-refractivity contribution in [2.75, 3.05) is 18.9 Å². The number of rotatable bonds is 6. The van der Waals surface area contributed by atoms with Gasteiger partial charge in [-0.05, 0) is 24.6 Å². The van der Waals surface area contributed by atoms with E-state index < -0.39 is 0 Å². The molecule has 0 aliphatic heterocycles. The van der Waals surface area contributed by atoms with Crippen molar-refractivity contribution >= 4 is 22.8 Å². The van der Waals surface area contributed by atoms with Crippen LogP contribution in [0.15, 0.2) is 49.3 Å². The van der Waals surface area contributed by atoms with Gasteiger partial charge in [0.1, 0.15) is 23.5 Å². The highest BCUT2D eigenvalue weighted by Crippen LogP contribution is 2.25. The quantitative estimate of drug-likeness (QED) is 0.494. The van der Waals surface area contributed by atoms with Crippen molar-refractivity contribution in [3.8, 4) is 11.3 Å². The molecule has 4 heterocycles. The van der Waals surface area contributed by atoms with Gasteiger partial charge in [0.15, 0.2) is 0 Å². The predicted molar refractivity (Wildman–Crippen MR) is 118 cm³/mol. The average molecular weight is 414 g/mol. The summed E-state index contributed by atoms with van der Waals surface area (Å²) in [5.74, 6) is 1.33. The standard InChI is InChI=1S/C22H22N8O/c1-13(16-4-6-25-21-17(22(31)23-3)5-7-24-20(16)21)9-28-19-8-18(29-12-30-19)15-10-26-14(2)27-11-15/h4-8,10-13H,9H2,1-3H3,(H,23,31)(H,28,29,30)/t13-/m1/s1. The van der Waals surface area contributed by atoms with Gasteiger partial charge in [0.05, 0.1) is 16.8 Å². The third-order valence-electron chi connectivity index (χ3n) is 4.99. The Hall–Kier alpha value is -4.01. The molecule has 156 valence electrons. The lowest BCUT2D eigenvalue weighted by Crippen LogP contribution is -2.19. The summed E-state index contributed by atoms with van der Waals surface area (Å²) < 4.78 is 0. The normalized spacial score (nSPS) is 11.8. The molecule has 0 radical (unpaired) electrons. The average Bonchev–Trinajstić information content (AvgIpc) is 2.82. The molecular formula is C22H22N8O. The van der Waals surface area contributed by atoms with Crippen molar-refractivity contribution in [3.63, 3.8) is 0 Å². The third-order valence-corrected chi connectivity index (χ3v) is 4.99. The summed E-state index contributed by atoms with van der Waals surface area (Å²) in [6.45, 7) is 4.55. The smallest absolute Gasteiger partial charge is 0.253 e. The van der Waals surface area contributed by atoms with E-state index in [4.69, 9.17) is 0 Å². The number of aryl methyl sites for hydroxylation is 1. The van der Waals surface area contributed by atoms with Crippen molar-refractivity contribution in [2.45, 2.75) is 19.8 Å².